The Kier molecular flexibility index (Phi) is 5.61. The van der Waals surface area contributed by atoms with E-state index in [-0.39, 0.29) is 12.6 Å². The van der Waals surface area contributed by atoms with Gasteiger partial charge in [-0.1, -0.05) is 19.9 Å². The van der Waals surface area contributed by atoms with Crippen LogP contribution in [0.3, 0.4) is 0 Å². The summed E-state index contributed by atoms with van der Waals surface area (Å²) in [5.41, 5.74) is 1.32. The molecular weight excluding hydrogens is 214 g/mol. The molecule has 1 heterocycles. The zero-order valence-corrected chi connectivity index (χ0v) is 10.3. The third kappa shape index (κ3) is 4.51. The Labute approximate surface area is 102 Å². The number of nitriles is 1. The van der Waals surface area contributed by atoms with Gasteiger partial charge in [-0.05, 0) is 18.4 Å². The zero-order valence-electron chi connectivity index (χ0n) is 10.3. The molecule has 1 unspecified atom stereocenters. The Morgan fingerprint density at radius 2 is 2.29 bits per heavy atom. The fourth-order valence-electron chi connectivity index (χ4n) is 1.73. The number of hydrogen-bond donors (Lipinski definition) is 2. The second-order valence-corrected chi connectivity index (χ2v) is 4.51. The molecule has 1 rings (SSSR count). The molecule has 0 aromatic carbocycles. The highest BCUT2D eigenvalue weighted by molar-refractivity contribution is 5.30. The van der Waals surface area contributed by atoms with Gasteiger partial charge in [0.2, 0.25) is 0 Å². The summed E-state index contributed by atoms with van der Waals surface area (Å²) < 4.78 is 0. The van der Waals surface area contributed by atoms with Crippen LogP contribution in [0.5, 0.6) is 0 Å². The summed E-state index contributed by atoms with van der Waals surface area (Å²) in [5.74, 6) is 0.531. The van der Waals surface area contributed by atoms with Crippen molar-refractivity contribution >= 4 is 0 Å². The number of pyridine rings is 1. The quantitative estimate of drug-likeness (QED) is 0.780. The second-order valence-electron chi connectivity index (χ2n) is 4.51. The first-order valence-corrected chi connectivity index (χ1v) is 5.85. The first-order chi connectivity index (χ1) is 8.17. The number of hydrogen-bond acceptors (Lipinski definition) is 4. The lowest BCUT2D eigenvalue weighted by Crippen LogP contribution is -2.33. The van der Waals surface area contributed by atoms with Gasteiger partial charge in [-0.25, -0.2) is 4.98 Å². The number of nitrogens with one attached hydrogen (secondary N) is 1. The van der Waals surface area contributed by atoms with Crippen LogP contribution in [0, 0.1) is 17.2 Å². The van der Waals surface area contributed by atoms with Crippen LogP contribution in [0.4, 0.5) is 0 Å². The van der Waals surface area contributed by atoms with Crippen molar-refractivity contribution in [2.45, 2.75) is 32.9 Å². The van der Waals surface area contributed by atoms with Crippen LogP contribution in [0.15, 0.2) is 18.3 Å². The zero-order chi connectivity index (χ0) is 12.7. The Balaban J connectivity index is 2.57. The van der Waals surface area contributed by atoms with Gasteiger partial charge >= 0.3 is 0 Å². The molecule has 0 aliphatic rings. The normalized spacial score (nSPS) is 12.4. The number of rotatable bonds is 6. The predicted octanol–water partition coefficient (Wildman–Crippen LogP) is 1.45. The summed E-state index contributed by atoms with van der Waals surface area (Å²) in [5, 5.41) is 21.4. The monoisotopic (exact) mass is 233 g/mol. The molecule has 1 atom stereocenters. The highest BCUT2D eigenvalue weighted by Gasteiger charge is 2.10. The van der Waals surface area contributed by atoms with Crippen molar-refractivity contribution in [1.82, 2.24) is 10.3 Å². The molecule has 0 saturated carbocycles. The summed E-state index contributed by atoms with van der Waals surface area (Å²) in [6, 6.07) is 5.83. The summed E-state index contributed by atoms with van der Waals surface area (Å²) in [7, 11) is 0. The summed E-state index contributed by atoms with van der Waals surface area (Å²) in [6.07, 6.45) is 2.53. The van der Waals surface area contributed by atoms with E-state index in [4.69, 9.17) is 5.26 Å². The average molecular weight is 233 g/mol. The van der Waals surface area contributed by atoms with E-state index in [9.17, 15) is 5.11 Å². The van der Waals surface area contributed by atoms with Crippen LogP contribution >= 0.6 is 0 Å². The van der Waals surface area contributed by atoms with Crippen LogP contribution in [0.25, 0.3) is 0 Å². The molecule has 2 N–H and O–H groups in total. The van der Waals surface area contributed by atoms with Gasteiger partial charge < -0.3 is 10.4 Å². The molecule has 4 nitrogen and oxygen atoms in total. The number of aromatic nitrogens is 1. The van der Waals surface area contributed by atoms with Crippen molar-refractivity contribution in [3.8, 4) is 6.07 Å². The minimum absolute atomic E-state index is 0.0711. The van der Waals surface area contributed by atoms with E-state index in [0.717, 1.165) is 12.0 Å². The van der Waals surface area contributed by atoms with Crippen LogP contribution in [-0.4, -0.2) is 22.7 Å². The molecule has 0 spiro atoms. The molecule has 0 radical (unpaired) electrons. The molecule has 0 bridgehead atoms. The minimum Gasteiger partial charge on any atom is -0.395 e. The first-order valence-electron chi connectivity index (χ1n) is 5.85. The molecule has 92 valence electrons. The number of aliphatic hydroxyl groups is 1. The third-order valence-electron chi connectivity index (χ3n) is 2.55. The maximum Gasteiger partial charge on any atom is 0.144 e. The van der Waals surface area contributed by atoms with Crippen molar-refractivity contribution in [2.24, 2.45) is 5.92 Å². The fourth-order valence-corrected chi connectivity index (χ4v) is 1.73. The Hall–Kier alpha value is -1.44. The molecular formula is C13H19N3O. The van der Waals surface area contributed by atoms with Crippen molar-refractivity contribution < 1.29 is 5.11 Å². The molecule has 0 aliphatic heterocycles. The van der Waals surface area contributed by atoms with Gasteiger partial charge in [0, 0.05) is 24.3 Å². The lowest BCUT2D eigenvalue weighted by atomic mass is 10.0. The largest absolute Gasteiger partial charge is 0.395 e. The second kappa shape index (κ2) is 7.00. The van der Waals surface area contributed by atoms with Crippen LogP contribution in [-0.2, 0) is 6.54 Å². The van der Waals surface area contributed by atoms with E-state index in [1.54, 1.807) is 6.20 Å². The minimum atomic E-state index is 0.0711. The lowest BCUT2D eigenvalue weighted by molar-refractivity contribution is 0.223. The smallest absolute Gasteiger partial charge is 0.144 e. The molecule has 1 aromatic rings. The van der Waals surface area contributed by atoms with Crippen LogP contribution < -0.4 is 5.32 Å². The molecule has 0 fully saturated rings. The standard InChI is InChI=1S/C13H19N3O/c1-10(2)6-12(9-17)16-8-11-4-3-5-15-13(11)7-14/h3-5,10,12,16-17H,6,8-9H2,1-2H3. The van der Waals surface area contributed by atoms with Gasteiger partial charge in [0.05, 0.1) is 6.61 Å². The highest BCUT2D eigenvalue weighted by atomic mass is 16.3. The summed E-state index contributed by atoms with van der Waals surface area (Å²) in [4.78, 5) is 4.00. The van der Waals surface area contributed by atoms with Gasteiger partial charge in [0.1, 0.15) is 11.8 Å². The molecule has 1 aromatic heterocycles. The topological polar surface area (TPSA) is 68.9 Å². The van der Waals surface area contributed by atoms with E-state index in [2.05, 4.69) is 30.2 Å². The van der Waals surface area contributed by atoms with Crippen molar-refractivity contribution in [1.29, 1.82) is 5.26 Å². The SMILES string of the molecule is CC(C)CC(CO)NCc1cccnc1C#N. The van der Waals surface area contributed by atoms with E-state index in [1.165, 1.54) is 0 Å². The van der Waals surface area contributed by atoms with E-state index < -0.39 is 0 Å². The molecule has 0 saturated heterocycles. The maximum atomic E-state index is 9.24. The van der Waals surface area contributed by atoms with Crippen molar-refractivity contribution in [3.63, 3.8) is 0 Å². The Morgan fingerprint density at radius 1 is 1.53 bits per heavy atom. The third-order valence-corrected chi connectivity index (χ3v) is 2.55. The van der Waals surface area contributed by atoms with Crippen LogP contribution in [0.2, 0.25) is 0 Å². The van der Waals surface area contributed by atoms with Crippen LogP contribution in [0.1, 0.15) is 31.5 Å². The summed E-state index contributed by atoms with van der Waals surface area (Å²) in [6.45, 7) is 4.92. The highest BCUT2D eigenvalue weighted by Crippen LogP contribution is 2.07. The molecule has 0 amide bonds. The average Bonchev–Trinajstić information content (AvgIpc) is 2.34. The summed E-state index contributed by atoms with van der Waals surface area (Å²) >= 11 is 0. The maximum absolute atomic E-state index is 9.24. The molecule has 0 aliphatic carbocycles. The van der Waals surface area contributed by atoms with Gasteiger partial charge in [-0.2, -0.15) is 5.26 Å². The van der Waals surface area contributed by atoms with E-state index in [1.807, 2.05) is 12.1 Å². The van der Waals surface area contributed by atoms with Crippen molar-refractivity contribution in [3.05, 3.63) is 29.6 Å². The predicted molar refractivity (Wildman–Crippen MR) is 66.1 cm³/mol. The first kappa shape index (κ1) is 13.6. The van der Waals surface area contributed by atoms with Gasteiger partial charge in [0.25, 0.3) is 0 Å². The Morgan fingerprint density at radius 3 is 2.88 bits per heavy atom. The lowest BCUT2D eigenvalue weighted by Gasteiger charge is -2.18. The van der Waals surface area contributed by atoms with Gasteiger partial charge in [-0.15, -0.1) is 0 Å². The van der Waals surface area contributed by atoms with Gasteiger partial charge in [0.15, 0.2) is 0 Å². The molecule has 17 heavy (non-hydrogen) atoms. The Bertz CT molecular complexity index is 384. The fraction of sp³-hybridized carbons (Fsp3) is 0.538. The molecule has 4 heteroatoms. The number of nitrogens with zero attached hydrogens (tertiary/aromatic N) is 2. The van der Waals surface area contributed by atoms with E-state index in [0.29, 0.717) is 18.2 Å². The van der Waals surface area contributed by atoms with Gasteiger partial charge in [-0.3, -0.25) is 0 Å². The van der Waals surface area contributed by atoms with E-state index >= 15 is 0 Å². The number of aliphatic hydroxyl groups excluding tert-OH is 1. The van der Waals surface area contributed by atoms with Crippen molar-refractivity contribution in [2.75, 3.05) is 6.61 Å².